The Kier molecular flexibility index (Phi) is 3.71. The minimum Gasteiger partial charge on any atom is -0.475 e. The first-order valence-electron chi connectivity index (χ1n) is 5.98. The normalized spacial score (nSPS) is 14.3. The molecule has 102 valence electrons. The lowest BCUT2D eigenvalue weighted by Crippen LogP contribution is -2.22. The summed E-state index contributed by atoms with van der Waals surface area (Å²) in [5.74, 6) is 0.766. The van der Waals surface area contributed by atoms with Crippen molar-refractivity contribution in [3.63, 3.8) is 0 Å². The fourth-order valence-corrected chi connectivity index (χ4v) is 1.80. The molecule has 2 heterocycles. The summed E-state index contributed by atoms with van der Waals surface area (Å²) in [6, 6.07) is 2.85. The molecule has 0 amide bonds. The Morgan fingerprint density at radius 3 is 2.58 bits per heavy atom. The second-order valence-electron chi connectivity index (χ2n) is 4.43. The summed E-state index contributed by atoms with van der Waals surface area (Å²) in [6.07, 6.45) is 1.66. The molecule has 0 saturated heterocycles. The summed E-state index contributed by atoms with van der Waals surface area (Å²) < 4.78 is 10.7. The molecule has 0 fully saturated rings. The third-order valence-corrected chi connectivity index (χ3v) is 2.77. The number of furan rings is 1. The van der Waals surface area contributed by atoms with E-state index >= 15 is 0 Å². The Balaban J connectivity index is 2.03. The summed E-state index contributed by atoms with van der Waals surface area (Å²) >= 11 is 0. The minimum atomic E-state index is -1.07. The maximum atomic E-state index is 10.7. The number of rotatable bonds is 5. The van der Waals surface area contributed by atoms with E-state index < -0.39 is 5.97 Å². The maximum Gasteiger partial charge on any atom is 0.371 e. The van der Waals surface area contributed by atoms with Crippen LogP contribution in [0.15, 0.2) is 27.2 Å². The zero-order valence-electron chi connectivity index (χ0n) is 11.0. The number of aryl methyl sites for hydroxylation is 1. The highest BCUT2D eigenvalue weighted by molar-refractivity contribution is 5.84. The highest BCUT2D eigenvalue weighted by Gasteiger charge is 2.18. The van der Waals surface area contributed by atoms with Gasteiger partial charge in [0.1, 0.15) is 11.5 Å². The second-order valence-corrected chi connectivity index (χ2v) is 4.43. The van der Waals surface area contributed by atoms with Crippen molar-refractivity contribution in [2.24, 2.45) is 0 Å². The van der Waals surface area contributed by atoms with Crippen LogP contribution in [0.25, 0.3) is 0 Å². The van der Waals surface area contributed by atoms with Crippen LogP contribution >= 0.6 is 0 Å². The lowest BCUT2D eigenvalue weighted by atomic mass is 10.2. The molecule has 6 heteroatoms. The smallest absolute Gasteiger partial charge is 0.371 e. The monoisotopic (exact) mass is 264 g/mol. The standard InChI is InChI=1S/C13H16N2O4/c1-7-6-14-12(18-7)9(3)15-8(2)10-4-5-11(19-10)13(16)17/h4-6,8-9,15H,1-3H3,(H,16,17). The molecule has 2 aromatic heterocycles. The molecule has 2 aromatic rings. The van der Waals surface area contributed by atoms with Crippen LogP contribution in [0.2, 0.25) is 0 Å². The topological polar surface area (TPSA) is 88.5 Å². The lowest BCUT2D eigenvalue weighted by molar-refractivity contribution is 0.0659. The van der Waals surface area contributed by atoms with Gasteiger partial charge in [0.15, 0.2) is 0 Å². The molecule has 0 aromatic carbocycles. The Morgan fingerprint density at radius 2 is 2.05 bits per heavy atom. The largest absolute Gasteiger partial charge is 0.475 e. The second kappa shape index (κ2) is 5.27. The Bertz CT molecular complexity index is 573. The first-order chi connectivity index (χ1) is 8.97. The number of nitrogens with zero attached hydrogens (tertiary/aromatic N) is 1. The quantitative estimate of drug-likeness (QED) is 0.863. The van der Waals surface area contributed by atoms with Crippen molar-refractivity contribution in [2.75, 3.05) is 0 Å². The zero-order valence-corrected chi connectivity index (χ0v) is 11.0. The predicted octanol–water partition coefficient (Wildman–Crippen LogP) is 2.69. The summed E-state index contributed by atoms with van der Waals surface area (Å²) in [5, 5.41) is 12.0. The van der Waals surface area contributed by atoms with Gasteiger partial charge in [-0.1, -0.05) is 0 Å². The van der Waals surface area contributed by atoms with Crippen LogP contribution in [-0.4, -0.2) is 16.1 Å². The van der Waals surface area contributed by atoms with Gasteiger partial charge in [-0.15, -0.1) is 0 Å². The van der Waals surface area contributed by atoms with Crippen molar-refractivity contribution >= 4 is 5.97 Å². The molecule has 0 saturated carbocycles. The molecule has 0 aliphatic carbocycles. The van der Waals surface area contributed by atoms with Gasteiger partial charge in [-0.25, -0.2) is 9.78 Å². The Hall–Kier alpha value is -2.08. The molecule has 6 nitrogen and oxygen atoms in total. The van der Waals surface area contributed by atoms with E-state index in [1.165, 1.54) is 6.07 Å². The van der Waals surface area contributed by atoms with Crippen LogP contribution in [0.4, 0.5) is 0 Å². The summed E-state index contributed by atoms with van der Waals surface area (Å²) in [6.45, 7) is 5.64. The van der Waals surface area contributed by atoms with Gasteiger partial charge in [0, 0.05) is 0 Å². The molecule has 0 radical (unpaired) electrons. The molecule has 0 aliphatic heterocycles. The molecule has 0 aliphatic rings. The number of carboxylic acids is 1. The number of aromatic nitrogens is 1. The highest BCUT2D eigenvalue weighted by Crippen LogP contribution is 2.21. The van der Waals surface area contributed by atoms with Crippen molar-refractivity contribution in [1.29, 1.82) is 0 Å². The molecule has 2 atom stereocenters. The number of hydrogen-bond acceptors (Lipinski definition) is 5. The third-order valence-electron chi connectivity index (χ3n) is 2.77. The molecular formula is C13H16N2O4. The van der Waals surface area contributed by atoms with Gasteiger partial charge >= 0.3 is 5.97 Å². The number of carbonyl (C=O) groups is 1. The van der Waals surface area contributed by atoms with Gasteiger partial charge in [0.25, 0.3) is 0 Å². The average Bonchev–Trinajstić information content (AvgIpc) is 2.96. The molecular weight excluding hydrogens is 248 g/mol. The van der Waals surface area contributed by atoms with Gasteiger partial charge in [0.05, 0.1) is 18.3 Å². The van der Waals surface area contributed by atoms with Gasteiger partial charge in [-0.3, -0.25) is 5.32 Å². The highest BCUT2D eigenvalue weighted by atomic mass is 16.4. The number of nitrogens with one attached hydrogen (secondary N) is 1. The number of oxazole rings is 1. The van der Waals surface area contributed by atoms with Crippen LogP contribution in [0.3, 0.4) is 0 Å². The van der Waals surface area contributed by atoms with Crippen molar-refractivity contribution in [1.82, 2.24) is 10.3 Å². The maximum absolute atomic E-state index is 10.7. The first-order valence-corrected chi connectivity index (χ1v) is 5.98. The fourth-order valence-electron chi connectivity index (χ4n) is 1.80. The molecule has 2 N–H and O–H groups in total. The van der Waals surface area contributed by atoms with E-state index in [1.807, 2.05) is 20.8 Å². The van der Waals surface area contributed by atoms with E-state index in [0.717, 1.165) is 5.76 Å². The molecule has 0 bridgehead atoms. The Labute approximate surface area is 110 Å². The molecule has 2 rings (SSSR count). The zero-order chi connectivity index (χ0) is 14.0. The van der Waals surface area contributed by atoms with Crippen molar-refractivity contribution in [2.45, 2.75) is 32.9 Å². The van der Waals surface area contributed by atoms with Gasteiger partial charge < -0.3 is 13.9 Å². The molecule has 19 heavy (non-hydrogen) atoms. The first kappa shape index (κ1) is 13.4. The Morgan fingerprint density at radius 1 is 1.32 bits per heavy atom. The van der Waals surface area contributed by atoms with E-state index in [2.05, 4.69) is 10.3 Å². The van der Waals surface area contributed by atoms with Crippen molar-refractivity contribution in [3.8, 4) is 0 Å². The SMILES string of the molecule is Cc1cnc(C(C)NC(C)c2ccc(C(=O)O)o2)o1. The summed E-state index contributed by atoms with van der Waals surface area (Å²) in [4.78, 5) is 14.9. The summed E-state index contributed by atoms with van der Waals surface area (Å²) in [5.41, 5.74) is 0. The van der Waals surface area contributed by atoms with E-state index in [4.69, 9.17) is 13.9 Å². The predicted molar refractivity (Wildman–Crippen MR) is 66.9 cm³/mol. The number of hydrogen-bond donors (Lipinski definition) is 2. The number of carboxylic acid groups (broad SMARTS) is 1. The van der Waals surface area contributed by atoms with E-state index in [1.54, 1.807) is 12.3 Å². The average molecular weight is 264 g/mol. The third kappa shape index (κ3) is 3.03. The van der Waals surface area contributed by atoms with Crippen LogP contribution < -0.4 is 5.32 Å². The van der Waals surface area contributed by atoms with E-state index in [9.17, 15) is 4.79 Å². The van der Waals surface area contributed by atoms with Crippen LogP contribution in [0, 0.1) is 6.92 Å². The lowest BCUT2D eigenvalue weighted by Gasteiger charge is -2.15. The minimum absolute atomic E-state index is 0.0664. The van der Waals surface area contributed by atoms with Gasteiger partial charge in [-0.05, 0) is 32.9 Å². The van der Waals surface area contributed by atoms with Crippen LogP contribution in [-0.2, 0) is 0 Å². The van der Waals surface area contributed by atoms with Crippen molar-refractivity contribution < 1.29 is 18.7 Å². The van der Waals surface area contributed by atoms with Gasteiger partial charge in [0.2, 0.25) is 11.7 Å². The van der Waals surface area contributed by atoms with Crippen molar-refractivity contribution in [3.05, 3.63) is 41.5 Å². The molecule has 2 unspecified atom stereocenters. The van der Waals surface area contributed by atoms with Crippen LogP contribution in [0.1, 0.15) is 53.9 Å². The summed E-state index contributed by atoms with van der Waals surface area (Å²) in [7, 11) is 0. The fraction of sp³-hybridized carbons (Fsp3) is 0.385. The van der Waals surface area contributed by atoms with Crippen LogP contribution in [0.5, 0.6) is 0 Å². The van der Waals surface area contributed by atoms with Gasteiger partial charge in [-0.2, -0.15) is 0 Å². The number of aromatic carboxylic acids is 1. The van der Waals surface area contributed by atoms with E-state index in [-0.39, 0.29) is 17.8 Å². The van der Waals surface area contributed by atoms with E-state index in [0.29, 0.717) is 11.7 Å². The molecule has 0 spiro atoms.